The molecule has 4 nitrogen and oxygen atoms in total. The van der Waals surface area contributed by atoms with Crippen molar-refractivity contribution in [2.45, 2.75) is 0 Å². The van der Waals surface area contributed by atoms with Gasteiger partial charge in [-0.25, -0.2) is 9.78 Å². The van der Waals surface area contributed by atoms with Gasteiger partial charge in [-0.05, 0) is 5.92 Å². The number of methoxy groups -OCH3 is 1. The van der Waals surface area contributed by atoms with Crippen molar-refractivity contribution in [1.82, 2.24) is 4.98 Å². The predicted octanol–water partition coefficient (Wildman–Crippen LogP) is 0.805. The van der Waals surface area contributed by atoms with Crippen LogP contribution in [0.3, 0.4) is 0 Å². The van der Waals surface area contributed by atoms with Crippen LogP contribution < -0.4 is 0 Å². The Morgan fingerprint density at radius 3 is 3.15 bits per heavy atom. The van der Waals surface area contributed by atoms with Crippen LogP contribution in [0.5, 0.6) is 0 Å². The summed E-state index contributed by atoms with van der Waals surface area (Å²) in [5.41, 5.74) is 0. The molecule has 0 amide bonds. The molecule has 0 bridgehead atoms. The second-order valence-corrected chi connectivity index (χ2v) is 2.91. The SMILES string of the molecule is COC(=O)c1cnc(C#CC#N)s1. The number of carbonyl (C=O) groups excluding carboxylic acids is 1. The van der Waals surface area contributed by atoms with Crippen LogP contribution in [0.15, 0.2) is 6.20 Å². The van der Waals surface area contributed by atoms with E-state index >= 15 is 0 Å². The normalized spacial score (nSPS) is 8.00. The zero-order valence-electron chi connectivity index (χ0n) is 6.70. The lowest BCUT2D eigenvalue weighted by Crippen LogP contribution is -1.96. The Bertz CT molecular complexity index is 419. The molecule has 0 aliphatic heterocycles. The second-order valence-electron chi connectivity index (χ2n) is 1.88. The maximum Gasteiger partial charge on any atom is 0.349 e. The van der Waals surface area contributed by atoms with Crippen LogP contribution in [0.2, 0.25) is 0 Å². The van der Waals surface area contributed by atoms with E-state index in [-0.39, 0.29) is 0 Å². The summed E-state index contributed by atoms with van der Waals surface area (Å²) in [6.07, 6.45) is 1.37. The van der Waals surface area contributed by atoms with Crippen molar-refractivity contribution in [3.05, 3.63) is 16.1 Å². The number of hydrogen-bond donors (Lipinski definition) is 0. The molecular weight excluding hydrogens is 188 g/mol. The Kier molecular flexibility index (Phi) is 3.02. The minimum atomic E-state index is -0.442. The van der Waals surface area contributed by atoms with Gasteiger partial charge >= 0.3 is 5.97 Å². The lowest BCUT2D eigenvalue weighted by Gasteiger charge is -1.89. The summed E-state index contributed by atoms with van der Waals surface area (Å²) in [6.45, 7) is 0. The van der Waals surface area contributed by atoms with Gasteiger partial charge in [0.1, 0.15) is 4.88 Å². The Labute approximate surface area is 78.8 Å². The number of carbonyl (C=O) groups is 1. The van der Waals surface area contributed by atoms with Crippen molar-refractivity contribution in [3.63, 3.8) is 0 Å². The molecule has 0 radical (unpaired) electrons. The molecule has 1 rings (SSSR count). The van der Waals surface area contributed by atoms with Crippen molar-refractivity contribution in [2.75, 3.05) is 7.11 Å². The van der Waals surface area contributed by atoms with Gasteiger partial charge in [0.25, 0.3) is 0 Å². The molecule has 0 saturated carbocycles. The molecule has 0 aliphatic carbocycles. The average Bonchev–Trinajstić information content (AvgIpc) is 2.62. The molecule has 1 aromatic rings. The number of nitrogens with zero attached hydrogens (tertiary/aromatic N) is 2. The van der Waals surface area contributed by atoms with Crippen molar-refractivity contribution in [2.24, 2.45) is 0 Å². The lowest BCUT2D eigenvalue weighted by molar-refractivity contribution is 0.0606. The fourth-order valence-electron chi connectivity index (χ4n) is 0.608. The topological polar surface area (TPSA) is 63.0 Å². The highest BCUT2D eigenvalue weighted by Crippen LogP contribution is 2.12. The molecule has 0 saturated heterocycles. The van der Waals surface area contributed by atoms with Crippen molar-refractivity contribution >= 4 is 17.3 Å². The van der Waals surface area contributed by atoms with Gasteiger partial charge in [-0.2, -0.15) is 5.26 Å². The number of aromatic nitrogens is 1. The maximum atomic E-state index is 10.9. The first-order chi connectivity index (χ1) is 6.27. The molecule has 64 valence electrons. The van der Waals surface area contributed by atoms with Gasteiger partial charge in [-0.3, -0.25) is 0 Å². The smallest absolute Gasteiger partial charge is 0.349 e. The van der Waals surface area contributed by atoms with E-state index in [1.807, 2.05) is 0 Å². The highest BCUT2D eigenvalue weighted by molar-refractivity contribution is 7.14. The van der Waals surface area contributed by atoms with E-state index in [0.717, 1.165) is 11.3 Å². The minimum absolute atomic E-state index is 0.379. The van der Waals surface area contributed by atoms with Crippen molar-refractivity contribution in [1.29, 1.82) is 5.26 Å². The molecule has 0 N–H and O–H groups in total. The van der Waals surface area contributed by atoms with Crippen LogP contribution in [0.25, 0.3) is 0 Å². The first kappa shape index (κ1) is 9.24. The summed E-state index contributed by atoms with van der Waals surface area (Å²) in [4.78, 5) is 15.1. The van der Waals surface area contributed by atoms with Gasteiger partial charge in [-0.15, -0.1) is 0 Å². The molecule has 1 aromatic heterocycles. The fourth-order valence-corrected chi connectivity index (χ4v) is 1.30. The molecule has 0 atom stereocenters. The number of rotatable bonds is 1. The van der Waals surface area contributed by atoms with E-state index in [4.69, 9.17) is 5.26 Å². The van der Waals surface area contributed by atoms with Crippen LogP contribution in [0.4, 0.5) is 0 Å². The van der Waals surface area contributed by atoms with E-state index in [1.165, 1.54) is 13.3 Å². The van der Waals surface area contributed by atoms with Crippen LogP contribution in [-0.4, -0.2) is 18.1 Å². The van der Waals surface area contributed by atoms with Gasteiger partial charge in [0.2, 0.25) is 0 Å². The Morgan fingerprint density at radius 2 is 2.54 bits per heavy atom. The summed E-state index contributed by atoms with van der Waals surface area (Å²) in [6, 6.07) is 1.66. The van der Waals surface area contributed by atoms with E-state index < -0.39 is 5.97 Å². The zero-order valence-corrected chi connectivity index (χ0v) is 7.51. The average molecular weight is 192 g/mol. The van der Waals surface area contributed by atoms with Gasteiger partial charge in [0, 0.05) is 5.92 Å². The van der Waals surface area contributed by atoms with E-state index in [2.05, 4.69) is 21.6 Å². The summed E-state index contributed by atoms with van der Waals surface area (Å²) in [7, 11) is 1.29. The number of esters is 1. The minimum Gasteiger partial charge on any atom is -0.465 e. The first-order valence-electron chi connectivity index (χ1n) is 3.22. The monoisotopic (exact) mass is 192 g/mol. The summed E-state index contributed by atoms with van der Waals surface area (Å²) < 4.78 is 4.47. The predicted molar refractivity (Wildman–Crippen MR) is 45.9 cm³/mol. The molecule has 0 spiro atoms. The standard InChI is InChI=1S/C8H4N2O2S/c1-12-8(11)6-5-10-7(13-6)3-2-4-9/h5H,1H3. The van der Waals surface area contributed by atoms with E-state index in [0.29, 0.717) is 9.88 Å². The van der Waals surface area contributed by atoms with Crippen LogP contribution in [-0.2, 0) is 4.74 Å². The van der Waals surface area contributed by atoms with E-state index in [9.17, 15) is 4.79 Å². The van der Waals surface area contributed by atoms with E-state index in [1.54, 1.807) is 6.07 Å². The van der Waals surface area contributed by atoms with Crippen LogP contribution in [0, 0.1) is 23.2 Å². The molecule has 0 aromatic carbocycles. The third kappa shape index (κ3) is 2.29. The Morgan fingerprint density at radius 1 is 1.77 bits per heavy atom. The highest BCUT2D eigenvalue weighted by Gasteiger charge is 2.08. The third-order valence-electron chi connectivity index (χ3n) is 1.12. The van der Waals surface area contributed by atoms with Gasteiger partial charge in [-0.1, -0.05) is 11.3 Å². The summed E-state index contributed by atoms with van der Waals surface area (Å²) in [5.74, 6) is 4.23. The first-order valence-corrected chi connectivity index (χ1v) is 4.04. The number of thiazole rings is 1. The molecular formula is C8H4N2O2S. The molecule has 5 heteroatoms. The molecule has 0 fully saturated rings. The Hall–Kier alpha value is -1.85. The van der Waals surface area contributed by atoms with Gasteiger partial charge in [0.05, 0.1) is 13.3 Å². The zero-order chi connectivity index (χ0) is 9.68. The quantitative estimate of drug-likeness (QED) is 0.487. The molecule has 0 unspecified atom stereocenters. The Balaban J connectivity index is 2.88. The molecule has 0 aliphatic rings. The third-order valence-corrected chi connectivity index (χ3v) is 2.01. The highest BCUT2D eigenvalue weighted by atomic mass is 32.1. The van der Waals surface area contributed by atoms with Crippen LogP contribution >= 0.6 is 11.3 Å². The fraction of sp³-hybridized carbons (Fsp3) is 0.125. The second kappa shape index (κ2) is 4.24. The van der Waals surface area contributed by atoms with Crippen molar-refractivity contribution in [3.8, 4) is 17.9 Å². The number of nitriles is 1. The number of hydrogen-bond acceptors (Lipinski definition) is 5. The largest absolute Gasteiger partial charge is 0.465 e. The van der Waals surface area contributed by atoms with Gasteiger partial charge < -0.3 is 4.74 Å². The van der Waals surface area contributed by atoms with Gasteiger partial charge in [0.15, 0.2) is 11.1 Å². The summed E-state index contributed by atoms with van der Waals surface area (Å²) >= 11 is 1.10. The lowest BCUT2D eigenvalue weighted by atomic mass is 10.6. The number of ether oxygens (including phenoxy) is 1. The van der Waals surface area contributed by atoms with Crippen LogP contribution in [0.1, 0.15) is 14.7 Å². The molecule has 1 heterocycles. The van der Waals surface area contributed by atoms with Crippen molar-refractivity contribution < 1.29 is 9.53 Å². The molecule has 13 heavy (non-hydrogen) atoms. The summed E-state index contributed by atoms with van der Waals surface area (Å²) in [5, 5.41) is 8.58. The maximum absolute atomic E-state index is 10.9.